The monoisotopic (exact) mass is 226 g/mol. The summed E-state index contributed by atoms with van der Waals surface area (Å²) in [6.45, 7) is 0. The molecule has 17 heavy (non-hydrogen) atoms. The summed E-state index contributed by atoms with van der Waals surface area (Å²) in [5.41, 5.74) is 11.9. The van der Waals surface area contributed by atoms with E-state index in [1.54, 1.807) is 36.4 Å². The van der Waals surface area contributed by atoms with Gasteiger partial charge in [0.2, 0.25) is 5.88 Å². The first kappa shape index (κ1) is 10.8. The summed E-state index contributed by atoms with van der Waals surface area (Å²) < 4.78 is 5.47. The van der Waals surface area contributed by atoms with Crippen molar-refractivity contribution in [3.8, 4) is 17.7 Å². The zero-order valence-corrected chi connectivity index (χ0v) is 8.92. The molecule has 1 heterocycles. The van der Waals surface area contributed by atoms with Gasteiger partial charge >= 0.3 is 0 Å². The number of benzene rings is 1. The van der Waals surface area contributed by atoms with Crippen molar-refractivity contribution in [3.63, 3.8) is 0 Å². The highest BCUT2D eigenvalue weighted by atomic mass is 16.5. The van der Waals surface area contributed by atoms with E-state index in [0.29, 0.717) is 22.9 Å². The zero-order valence-electron chi connectivity index (χ0n) is 8.92. The molecule has 0 amide bonds. The fraction of sp³-hybridized carbons (Fsp3) is 0. The van der Waals surface area contributed by atoms with E-state index >= 15 is 0 Å². The summed E-state index contributed by atoms with van der Waals surface area (Å²) in [6, 6.07) is 12.1. The number of para-hydroxylation sites is 1. The number of hydrogen-bond acceptors (Lipinski definition) is 5. The second-order valence-corrected chi connectivity index (χ2v) is 3.33. The molecule has 4 N–H and O–H groups in total. The minimum absolute atomic E-state index is 0.205. The minimum atomic E-state index is 0.205. The average Bonchev–Trinajstić information content (AvgIpc) is 2.34. The summed E-state index contributed by atoms with van der Waals surface area (Å²) in [7, 11) is 0. The molecule has 0 aliphatic carbocycles. The smallest absolute Gasteiger partial charge is 0.221 e. The lowest BCUT2D eigenvalue weighted by Crippen LogP contribution is -1.99. The molecule has 0 fully saturated rings. The van der Waals surface area contributed by atoms with Gasteiger partial charge in [0.15, 0.2) is 5.82 Å². The van der Waals surface area contributed by atoms with Gasteiger partial charge in [0.05, 0.1) is 11.3 Å². The molecule has 0 aliphatic rings. The number of nitriles is 1. The van der Waals surface area contributed by atoms with Crippen molar-refractivity contribution in [1.29, 1.82) is 5.26 Å². The number of pyridine rings is 1. The zero-order chi connectivity index (χ0) is 12.3. The highest BCUT2D eigenvalue weighted by Crippen LogP contribution is 2.25. The van der Waals surface area contributed by atoms with Crippen molar-refractivity contribution in [2.75, 3.05) is 11.5 Å². The Morgan fingerprint density at radius 3 is 2.59 bits per heavy atom. The van der Waals surface area contributed by atoms with Crippen LogP contribution in [0.1, 0.15) is 5.56 Å². The maximum Gasteiger partial charge on any atom is 0.221 e. The molecular weight excluding hydrogens is 216 g/mol. The number of nitrogens with two attached hydrogens (primary N) is 2. The van der Waals surface area contributed by atoms with Crippen molar-refractivity contribution in [2.24, 2.45) is 0 Å². The van der Waals surface area contributed by atoms with E-state index < -0.39 is 0 Å². The second kappa shape index (κ2) is 4.41. The highest BCUT2D eigenvalue weighted by molar-refractivity contribution is 5.59. The largest absolute Gasteiger partial charge is 0.438 e. The van der Waals surface area contributed by atoms with Gasteiger partial charge in [-0.3, -0.25) is 0 Å². The lowest BCUT2D eigenvalue weighted by atomic mass is 10.2. The van der Waals surface area contributed by atoms with E-state index in [2.05, 4.69) is 4.98 Å². The molecule has 2 rings (SSSR count). The molecule has 2 aromatic rings. The van der Waals surface area contributed by atoms with Crippen molar-refractivity contribution >= 4 is 11.5 Å². The number of hydrogen-bond donors (Lipinski definition) is 2. The molecule has 5 heteroatoms. The maximum atomic E-state index is 8.90. The molecule has 0 saturated carbocycles. The van der Waals surface area contributed by atoms with Crippen molar-refractivity contribution in [2.45, 2.75) is 0 Å². The van der Waals surface area contributed by atoms with Gasteiger partial charge in [-0.2, -0.15) is 10.2 Å². The van der Waals surface area contributed by atoms with Gasteiger partial charge in [-0.1, -0.05) is 12.1 Å². The fourth-order valence-electron chi connectivity index (χ4n) is 1.28. The second-order valence-electron chi connectivity index (χ2n) is 3.33. The van der Waals surface area contributed by atoms with Crippen LogP contribution in [-0.4, -0.2) is 4.98 Å². The topological polar surface area (TPSA) is 97.9 Å². The third-order valence-electron chi connectivity index (χ3n) is 2.15. The Bertz CT molecular complexity index is 589. The van der Waals surface area contributed by atoms with Gasteiger partial charge in [0, 0.05) is 6.07 Å². The van der Waals surface area contributed by atoms with Crippen LogP contribution in [0.25, 0.3) is 0 Å². The summed E-state index contributed by atoms with van der Waals surface area (Å²) in [6.07, 6.45) is 0. The normalized spacial score (nSPS) is 9.59. The third kappa shape index (κ3) is 2.26. The fourth-order valence-corrected chi connectivity index (χ4v) is 1.28. The quantitative estimate of drug-likeness (QED) is 0.815. The first-order chi connectivity index (χ1) is 8.20. The van der Waals surface area contributed by atoms with Gasteiger partial charge in [0.1, 0.15) is 11.8 Å². The number of ether oxygens (including phenoxy) is 1. The maximum absolute atomic E-state index is 8.90. The number of nitrogens with zero attached hydrogens (tertiary/aromatic N) is 2. The van der Waals surface area contributed by atoms with E-state index in [-0.39, 0.29) is 5.82 Å². The van der Waals surface area contributed by atoms with Crippen molar-refractivity contribution < 1.29 is 4.74 Å². The van der Waals surface area contributed by atoms with E-state index in [9.17, 15) is 0 Å². The van der Waals surface area contributed by atoms with Gasteiger partial charge in [0.25, 0.3) is 0 Å². The lowest BCUT2D eigenvalue weighted by molar-refractivity contribution is 0.462. The van der Waals surface area contributed by atoms with Crippen LogP contribution in [0.2, 0.25) is 0 Å². The first-order valence-corrected chi connectivity index (χ1v) is 4.89. The van der Waals surface area contributed by atoms with Crippen LogP contribution in [0.4, 0.5) is 11.5 Å². The minimum Gasteiger partial charge on any atom is -0.438 e. The van der Waals surface area contributed by atoms with Crippen LogP contribution in [0.3, 0.4) is 0 Å². The summed E-state index contributed by atoms with van der Waals surface area (Å²) in [5, 5.41) is 8.90. The van der Waals surface area contributed by atoms with Crippen LogP contribution in [0.15, 0.2) is 36.4 Å². The van der Waals surface area contributed by atoms with E-state index in [0.717, 1.165) is 0 Å². The molecule has 0 aliphatic heterocycles. The van der Waals surface area contributed by atoms with Crippen LogP contribution in [-0.2, 0) is 0 Å². The van der Waals surface area contributed by atoms with Crippen molar-refractivity contribution in [1.82, 2.24) is 4.98 Å². The molecular formula is C12H10N4O. The molecule has 5 nitrogen and oxygen atoms in total. The van der Waals surface area contributed by atoms with Gasteiger partial charge in [-0.25, -0.2) is 0 Å². The Morgan fingerprint density at radius 2 is 1.88 bits per heavy atom. The summed E-state index contributed by atoms with van der Waals surface area (Å²) >= 11 is 0. The predicted molar refractivity (Wildman–Crippen MR) is 64.3 cm³/mol. The average molecular weight is 226 g/mol. The first-order valence-electron chi connectivity index (χ1n) is 4.89. The van der Waals surface area contributed by atoms with Crippen molar-refractivity contribution in [3.05, 3.63) is 42.0 Å². The van der Waals surface area contributed by atoms with Crippen LogP contribution < -0.4 is 16.2 Å². The number of nitrogen functional groups attached to an aromatic ring is 2. The van der Waals surface area contributed by atoms with E-state index in [1.165, 1.54) is 0 Å². The van der Waals surface area contributed by atoms with E-state index in [4.69, 9.17) is 21.5 Å². The van der Waals surface area contributed by atoms with Gasteiger partial charge < -0.3 is 16.2 Å². The Labute approximate surface area is 98.3 Å². The molecule has 1 aromatic heterocycles. The molecule has 0 saturated heterocycles. The van der Waals surface area contributed by atoms with Crippen LogP contribution in [0.5, 0.6) is 11.6 Å². The summed E-state index contributed by atoms with van der Waals surface area (Å²) in [4.78, 5) is 3.96. The molecule has 0 atom stereocenters. The van der Waals surface area contributed by atoms with Crippen LogP contribution in [0, 0.1) is 11.3 Å². The lowest BCUT2D eigenvalue weighted by Gasteiger charge is -2.07. The molecule has 1 aromatic carbocycles. The Balaban J connectivity index is 2.32. The molecule has 0 bridgehead atoms. The number of anilines is 2. The Morgan fingerprint density at radius 1 is 1.12 bits per heavy atom. The summed E-state index contributed by atoms with van der Waals surface area (Å²) in [5.74, 6) is 0.947. The van der Waals surface area contributed by atoms with Crippen LogP contribution >= 0.6 is 0 Å². The number of rotatable bonds is 2. The Hall–Kier alpha value is -2.74. The molecule has 0 radical (unpaired) electrons. The van der Waals surface area contributed by atoms with Gasteiger partial charge in [-0.15, -0.1) is 0 Å². The van der Waals surface area contributed by atoms with Gasteiger partial charge in [-0.05, 0) is 18.2 Å². The molecule has 0 spiro atoms. The predicted octanol–water partition coefficient (Wildman–Crippen LogP) is 1.91. The molecule has 0 unspecified atom stereocenters. The standard InChI is InChI=1S/C12H10N4O/c13-7-8-3-1-2-4-10(8)17-11-6-5-9(14)12(15)16-11/h1-6H,14H2,(H2,15,16). The number of aromatic nitrogens is 1. The Kier molecular flexibility index (Phi) is 2.79. The molecule has 84 valence electrons. The third-order valence-corrected chi connectivity index (χ3v) is 2.15. The van der Waals surface area contributed by atoms with E-state index in [1.807, 2.05) is 6.07 Å². The highest BCUT2D eigenvalue weighted by Gasteiger charge is 2.05. The SMILES string of the molecule is N#Cc1ccccc1Oc1ccc(N)c(N)n1.